The minimum atomic E-state index is -0.0323. The van der Waals surface area contributed by atoms with Crippen LogP contribution >= 0.6 is 0 Å². The molecule has 0 aliphatic carbocycles. The van der Waals surface area contributed by atoms with Crippen LogP contribution < -0.4 is 0 Å². The van der Waals surface area contributed by atoms with Crippen molar-refractivity contribution in [3.05, 3.63) is 47.6 Å². The van der Waals surface area contributed by atoms with E-state index in [0.717, 1.165) is 24.9 Å². The molecular weight excluding hydrogens is 332 g/mol. The quantitative estimate of drug-likeness (QED) is 0.843. The van der Waals surface area contributed by atoms with Gasteiger partial charge in [-0.05, 0) is 31.4 Å². The smallest absolute Gasteiger partial charge is 0.259 e. The van der Waals surface area contributed by atoms with Crippen molar-refractivity contribution in [1.29, 1.82) is 0 Å². The van der Waals surface area contributed by atoms with Crippen LogP contribution in [-0.4, -0.2) is 51.4 Å². The number of carbonyl (C=O) groups is 2. The van der Waals surface area contributed by atoms with Gasteiger partial charge in [0.2, 0.25) is 5.91 Å². The summed E-state index contributed by atoms with van der Waals surface area (Å²) in [5.41, 5.74) is 1.56. The molecule has 7 heteroatoms. The number of nitrogens with zero attached hydrogens (tertiary/aromatic N) is 4. The average molecular weight is 354 g/mol. The zero-order valence-electron chi connectivity index (χ0n) is 14.9. The highest BCUT2D eigenvalue weighted by Gasteiger charge is 2.45. The monoisotopic (exact) mass is 354 g/mol. The minimum absolute atomic E-state index is 0.0141. The molecule has 7 nitrogen and oxygen atoms in total. The molecule has 0 unspecified atom stereocenters. The van der Waals surface area contributed by atoms with E-state index in [1.165, 1.54) is 6.20 Å². The Bertz CT molecular complexity index is 809. The molecule has 2 fully saturated rings. The summed E-state index contributed by atoms with van der Waals surface area (Å²) in [6, 6.07) is 3.89. The maximum Gasteiger partial charge on any atom is 0.259 e. The lowest BCUT2D eigenvalue weighted by Gasteiger charge is -2.38. The Labute approximate surface area is 152 Å². The molecule has 4 rings (SSSR count). The first kappa shape index (κ1) is 16.8. The van der Waals surface area contributed by atoms with Crippen molar-refractivity contribution in [2.45, 2.75) is 32.7 Å². The van der Waals surface area contributed by atoms with Gasteiger partial charge in [-0.2, -0.15) is 0 Å². The van der Waals surface area contributed by atoms with Crippen LogP contribution in [0.4, 0.5) is 0 Å². The molecule has 26 heavy (non-hydrogen) atoms. The molecule has 2 saturated heterocycles. The van der Waals surface area contributed by atoms with E-state index in [-0.39, 0.29) is 17.2 Å². The van der Waals surface area contributed by atoms with Gasteiger partial charge >= 0.3 is 0 Å². The standard InChI is InChI=1S/C19H22N4O3/c1-14-16(11-21-26-14)18(25)22-7-4-19(5-8-22)9-17(24)23(13-19)12-15-3-2-6-20-10-15/h2-3,6,10-11H,4-5,7-9,12-13H2,1H3. The molecule has 0 bridgehead atoms. The molecule has 0 atom stereocenters. The number of hydrogen-bond acceptors (Lipinski definition) is 5. The van der Waals surface area contributed by atoms with Gasteiger partial charge in [0.25, 0.3) is 5.91 Å². The summed E-state index contributed by atoms with van der Waals surface area (Å²) >= 11 is 0. The summed E-state index contributed by atoms with van der Waals surface area (Å²) in [5.74, 6) is 0.715. The first-order chi connectivity index (χ1) is 12.6. The Morgan fingerprint density at radius 3 is 2.77 bits per heavy atom. The number of pyridine rings is 1. The fourth-order valence-corrected chi connectivity index (χ4v) is 4.03. The predicted octanol–water partition coefficient (Wildman–Crippen LogP) is 2.03. The van der Waals surface area contributed by atoms with Gasteiger partial charge in [0.15, 0.2) is 0 Å². The van der Waals surface area contributed by atoms with Gasteiger partial charge in [0, 0.05) is 50.4 Å². The molecule has 0 saturated carbocycles. The van der Waals surface area contributed by atoms with Crippen molar-refractivity contribution in [3.63, 3.8) is 0 Å². The van der Waals surface area contributed by atoms with Gasteiger partial charge in [-0.3, -0.25) is 14.6 Å². The summed E-state index contributed by atoms with van der Waals surface area (Å²) in [6.07, 6.45) is 7.29. The lowest BCUT2D eigenvalue weighted by atomic mass is 9.77. The highest BCUT2D eigenvalue weighted by atomic mass is 16.5. The van der Waals surface area contributed by atoms with Crippen molar-refractivity contribution in [3.8, 4) is 0 Å². The Kier molecular flexibility index (Phi) is 4.22. The molecular formula is C19H22N4O3. The van der Waals surface area contributed by atoms with E-state index < -0.39 is 0 Å². The van der Waals surface area contributed by atoms with Crippen molar-refractivity contribution >= 4 is 11.8 Å². The SMILES string of the molecule is Cc1oncc1C(=O)N1CCC2(CC1)CC(=O)N(Cc1cccnc1)C2. The second-order valence-electron chi connectivity index (χ2n) is 7.38. The highest BCUT2D eigenvalue weighted by molar-refractivity contribution is 5.94. The van der Waals surface area contributed by atoms with Crippen molar-refractivity contribution in [2.24, 2.45) is 5.41 Å². The maximum atomic E-state index is 12.6. The summed E-state index contributed by atoms with van der Waals surface area (Å²) < 4.78 is 5.00. The van der Waals surface area contributed by atoms with Gasteiger partial charge in [0.05, 0.1) is 6.20 Å². The molecule has 136 valence electrons. The molecule has 2 amide bonds. The molecule has 2 aliphatic heterocycles. The molecule has 2 aliphatic rings. The van der Waals surface area contributed by atoms with Crippen molar-refractivity contribution in [1.82, 2.24) is 19.9 Å². The lowest BCUT2D eigenvalue weighted by Crippen LogP contribution is -2.44. The van der Waals surface area contributed by atoms with Gasteiger partial charge in [-0.25, -0.2) is 0 Å². The van der Waals surface area contributed by atoms with Gasteiger partial charge in [-0.15, -0.1) is 0 Å². The van der Waals surface area contributed by atoms with Gasteiger partial charge < -0.3 is 14.3 Å². The Morgan fingerprint density at radius 1 is 1.31 bits per heavy atom. The van der Waals surface area contributed by atoms with Crippen LogP contribution in [0.3, 0.4) is 0 Å². The predicted molar refractivity (Wildman–Crippen MR) is 93.1 cm³/mol. The second kappa shape index (κ2) is 6.55. The number of aromatic nitrogens is 2. The number of aryl methyl sites for hydroxylation is 1. The topological polar surface area (TPSA) is 79.5 Å². The maximum absolute atomic E-state index is 12.6. The van der Waals surface area contributed by atoms with E-state index >= 15 is 0 Å². The van der Waals surface area contributed by atoms with E-state index in [9.17, 15) is 9.59 Å². The molecule has 1 spiro atoms. The number of rotatable bonds is 3. The average Bonchev–Trinajstić information content (AvgIpc) is 3.20. The fraction of sp³-hybridized carbons (Fsp3) is 0.474. The van der Waals surface area contributed by atoms with E-state index in [0.29, 0.717) is 37.4 Å². The number of carbonyl (C=O) groups excluding carboxylic acids is 2. The normalized spacial score (nSPS) is 19.3. The first-order valence-electron chi connectivity index (χ1n) is 8.94. The van der Waals surface area contributed by atoms with Crippen LogP contribution in [0, 0.1) is 12.3 Å². The zero-order chi connectivity index (χ0) is 18.1. The van der Waals surface area contributed by atoms with Crippen LogP contribution in [-0.2, 0) is 11.3 Å². The third-order valence-corrected chi connectivity index (χ3v) is 5.59. The Hall–Kier alpha value is -2.70. The van der Waals surface area contributed by atoms with E-state index in [4.69, 9.17) is 4.52 Å². The molecule has 2 aromatic rings. The van der Waals surface area contributed by atoms with Crippen molar-refractivity contribution in [2.75, 3.05) is 19.6 Å². The molecule has 0 radical (unpaired) electrons. The second-order valence-corrected chi connectivity index (χ2v) is 7.38. The number of likely N-dealkylation sites (tertiary alicyclic amines) is 2. The van der Waals surface area contributed by atoms with Gasteiger partial charge in [0.1, 0.15) is 11.3 Å². The molecule has 0 aromatic carbocycles. The van der Waals surface area contributed by atoms with Gasteiger partial charge in [-0.1, -0.05) is 11.2 Å². The number of amides is 2. The fourth-order valence-electron chi connectivity index (χ4n) is 4.03. The van der Waals surface area contributed by atoms with Crippen LogP contribution in [0.1, 0.15) is 40.9 Å². The van der Waals surface area contributed by atoms with E-state index in [1.807, 2.05) is 21.9 Å². The molecule has 2 aromatic heterocycles. The van der Waals surface area contributed by atoms with E-state index in [2.05, 4.69) is 10.1 Å². The van der Waals surface area contributed by atoms with E-state index in [1.54, 1.807) is 19.3 Å². The summed E-state index contributed by atoms with van der Waals surface area (Å²) in [7, 11) is 0. The third-order valence-electron chi connectivity index (χ3n) is 5.59. The summed E-state index contributed by atoms with van der Waals surface area (Å²) in [5, 5.41) is 3.69. The first-order valence-corrected chi connectivity index (χ1v) is 8.94. The van der Waals surface area contributed by atoms with Crippen molar-refractivity contribution < 1.29 is 14.1 Å². The van der Waals surface area contributed by atoms with Crippen LogP contribution in [0.25, 0.3) is 0 Å². The third kappa shape index (κ3) is 3.09. The minimum Gasteiger partial charge on any atom is -0.361 e. The Morgan fingerprint density at radius 2 is 2.12 bits per heavy atom. The number of hydrogen-bond donors (Lipinski definition) is 0. The highest BCUT2D eigenvalue weighted by Crippen LogP contribution is 2.41. The number of piperidine rings is 1. The van der Waals surface area contributed by atoms with Crippen LogP contribution in [0.5, 0.6) is 0 Å². The summed E-state index contributed by atoms with van der Waals surface area (Å²) in [6.45, 7) is 4.44. The Balaban J connectivity index is 1.39. The van der Waals surface area contributed by atoms with Crippen LogP contribution in [0.15, 0.2) is 35.2 Å². The largest absolute Gasteiger partial charge is 0.361 e. The molecule has 0 N–H and O–H groups in total. The molecule has 4 heterocycles. The lowest BCUT2D eigenvalue weighted by molar-refractivity contribution is -0.128. The zero-order valence-corrected chi connectivity index (χ0v) is 14.9. The summed E-state index contributed by atoms with van der Waals surface area (Å²) in [4.78, 5) is 33.0. The van der Waals surface area contributed by atoms with Crippen LogP contribution in [0.2, 0.25) is 0 Å².